The molecule has 1 heterocycles. The van der Waals surface area contributed by atoms with Gasteiger partial charge in [0.15, 0.2) is 0 Å². The van der Waals surface area contributed by atoms with Gasteiger partial charge in [-0.25, -0.2) is 0 Å². The van der Waals surface area contributed by atoms with Crippen LogP contribution in [0.25, 0.3) is 10.8 Å². The van der Waals surface area contributed by atoms with E-state index in [1.165, 1.54) is 0 Å². The second-order valence-corrected chi connectivity index (χ2v) is 4.47. The highest BCUT2D eigenvalue weighted by atomic mass is 16.5. The molecule has 7 nitrogen and oxygen atoms in total. The molecule has 0 aliphatic rings. The number of H-pyrrole nitrogens is 1. The van der Waals surface area contributed by atoms with Crippen LogP contribution in [0.5, 0.6) is 5.75 Å². The van der Waals surface area contributed by atoms with Gasteiger partial charge in [-0.1, -0.05) is 18.2 Å². The first-order valence-electron chi connectivity index (χ1n) is 6.34. The standard InChI is InChI=1S/C14H13N5O2/c1-21-12-5-4-10-6-9(2-3-11(10)7-12)8-15-14(20)13-16-18-19-17-13/h2-7H,8H2,1H3,(H,15,20)(H,16,17,18,19). The van der Waals surface area contributed by atoms with Crippen LogP contribution in [0.1, 0.15) is 16.2 Å². The van der Waals surface area contributed by atoms with E-state index in [2.05, 4.69) is 25.9 Å². The molecule has 0 saturated heterocycles. The van der Waals surface area contributed by atoms with E-state index in [9.17, 15) is 4.79 Å². The van der Waals surface area contributed by atoms with Crippen LogP contribution in [0.15, 0.2) is 36.4 Å². The van der Waals surface area contributed by atoms with E-state index in [0.717, 1.165) is 22.1 Å². The number of carbonyl (C=O) groups is 1. The summed E-state index contributed by atoms with van der Waals surface area (Å²) >= 11 is 0. The molecule has 1 amide bonds. The number of aromatic amines is 1. The molecule has 21 heavy (non-hydrogen) atoms. The second kappa shape index (κ2) is 5.58. The zero-order valence-corrected chi connectivity index (χ0v) is 11.3. The number of ether oxygens (including phenoxy) is 1. The molecule has 0 aliphatic carbocycles. The van der Waals surface area contributed by atoms with Crippen molar-refractivity contribution in [3.05, 3.63) is 47.8 Å². The number of tetrazole rings is 1. The summed E-state index contributed by atoms with van der Waals surface area (Å²) in [6.45, 7) is 0.398. The van der Waals surface area contributed by atoms with Crippen LogP contribution >= 0.6 is 0 Å². The van der Waals surface area contributed by atoms with Crippen molar-refractivity contribution in [3.8, 4) is 5.75 Å². The monoisotopic (exact) mass is 283 g/mol. The van der Waals surface area contributed by atoms with Crippen molar-refractivity contribution < 1.29 is 9.53 Å². The SMILES string of the molecule is COc1ccc2cc(CNC(=O)c3nn[nH]n3)ccc2c1. The molecule has 0 fully saturated rings. The Morgan fingerprint density at radius 1 is 1.24 bits per heavy atom. The van der Waals surface area contributed by atoms with Gasteiger partial charge in [-0.3, -0.25) is 4.79 Å². The number of nitrogens with zero attached hydrogens (tertiary/aromatic N) is 3. The topological polar surface area (TPSA) is 92.8 Å². The number of hydrogen-bond donors (Lipinski definition) is 2. The first kappa shape index (κ1) is 13.0. The van der Waals surface area contributed by atoms with Crippen molar-refractivity contribution in [2.24, 2.45) is 0 Å². The number of aromatic nitrogens is 4. The number of hydrogen-bond acceptors (Lipinski definition) is 5. The molecule has 1 aromatic heterocycles. The lowest BCUT2D eigenvalue weighted by Gasteiger charge is -2.06. The first-order valence-corrected chi connectivity index (χ1v) is 6.34. The largest absolute Gasteiger partial charge is 0.497 e. The smallest absolute Gasteiger partial charge is 0.293 e. The fourth-order valence-electron chi connectivity index (χ4n) is 2.03. The van der Waals surface area contributed by atoms with Crippen molar-refractivity contribution in [3.63, 3.8) is 0 Å². The lowest BCUT2D eigenvalue weighted by Crippen LogP contribution is -2.24. The van der Waals surface area contributed by atoms with Gasteiger partial charge >= 0.3 is 0 Å². The first-order chi connectivity index (χ1) is 10.3. The van der Waals surface area contributed by atoms with Gasteiger partial charge in [0.1, 0.15) is 5.75 Å². The molecule has 7 heteroatoms. The molecule has 2 aromatic carbocycles. The van der Waals surface area contributed by atoms with E-state index in [1.807, 2.05) is 36.4 Å². The predicted molar refractivity (Wildman–Crippen MR) is 75.8 cm³/mol. The minimum atomic E-state index is -0.362. The van der Waals surface area contributed by atoms with Gasteiger partial charge in [0.25, 0.3) is 11.7 Å². The zero-order valence-electron chi connectivity index (χ0n) is 11.3. The average Bonchev–Trinajstić information content (AvgIpc) is 3.06. The quantitative estimate of drug-likeness (QED) is 0.752. The third-order valence-electron chi connectivity index (χ3n) is 3.11. The highest BCUT2D eigenvalue weighted by molar-refractivity contribution is 5.90. The summed E-state index contributed by atoms with van der Waals surface area (Å²) in [5.74, 6) is 0.486. The van der Waals surface area contributed by atoms with Crippen LogP contribution in [-0.4, -0.2) is 33.6 Å². The minimum absolute atomic E-state index is 0.0283. The normalized spacial score (nSPS) is 10.5. The maximum atomic E-state index is 11.7. The third kappa shape index (κ3) is 2.81. The summed E-state index contributed by atoms with van der Waals surface area (Å²) in [4.78, 5) is 11.7. The van der Waals surface area contributed by atoms with E-state index < -0.39 is 0 Å². The van der Waals surface area contributed by atoms with Gasteiger partial charge in [-0.15, -0.1) is 10.2 Å². The number of rotatable bonds is 4. The molecule has 0 bridgehead atoms. The highest BCUT2D eigenvalue weighted by Gasteiger charge is 2.09. The van der Waals surface area contributed by atoms with Gasteiger partial charge in [-0.05, 0) is 39.7 Å². The maximum absolute atomic E-state index is 11.7. The van der Waals surface area contributed by atoms with Crippen LogP contribution in [0, 0.1) is 0 Å². The maximum Gasteiger partial charge on any atom is 0.293 e. The Kier molecular flexibility index (Phi) is 3.46. The van der Waals surface area contributed by atoms with E-state index in [0.29, 0.717) is 6.54 Å². The Hall–Kier alpha value is -2.96. The molecule has 3 rings (SSSR count). The lowest BCUT2D eigenvalue weighted by molar-refractivity contribution is 0.0940. The second-order valence-electron chi connectivity index (χ2n) is 4.47. The van der Waals surface area contributed by atoms with Crippen molar-refractivity contribution in [2.45, 2.75) is 6.54 Å². The number of benzene rings is 2. The molecular formula is C14H13N5O2. The molecule has 0 aliphatic heterocycles. The molecule has 0 radical (unpaired) electrons. The van der Waals surface area contributed by atoms with Crippen LogP contribution in [-0.2, 0) is 6.54 Å². The van der Waals surface area contributed by atoms with E-state index in [-0.39, 0.29) is 11.7 Å². The Bertz CT molecular complexity index is 770. The van der Waals surface area contributed by atoms with Crippen LogP contribution in [0.2, 0.25) is 0 Å². The summed E-state index contributed by atoms with van der Waals surface area (Å²) in [6.07, 6.45) is 0. The van der Waals surface area contributed by atoms with E-state index >= 15 is 0 Å². The summed E-state index contributed by atoms with van der Waals surface area (Å²) in [7, 11) is 1.64. The highest BCUT2D eigenvalue weighted by Crippen LogP contribution is 2.21. The fraction of sp³-hybridized carbons (Fsp3) is 0.143. The number of nitrogens with one attached hydrogen (secondary N) is 2. The van der Waals surface area contributed by atoms with Gasteiger partial charge in [-0.2, -0.15) is 5.21 Å². The molecule has 0 unspecified atom stereocenters. The number of amides is 1. The molecular weight excluding hydrogens is 270 g/mol. The van der Waals surface area contributed by atoms with Crippen molar-refractivity contribution in [1.29, 1.82) is 0 Å². The minimum Gasteiger partial charge on any atom is -0.497 e. The van der Waals surface area contributed by atoms with Crippen LogP contribution in [0.3, 0.4) is 0 Å². The van der Waals surface area contributed by atoms with Gasteiger partial charge in [0.05, 0.1) is 7.11 Å². The van der Waals surface area contributed by atoms with Crippen LogP contribution < -0.4 is 10.1 Å². The number of fused-ring (bicyclic) bond motifs is 1. The molecule has 2 N–H and O–H groups in total. The van der Waals surface area contributed by atoms with E-state index in [1.54, 1.807) is 7.11 Å². The fourth-order valence-corrected chi connectivity index (χ4v) is 2.03. The van der Waals surface area contributed by atoms with Crippen LogP contribution in [0.4, 0.5) is 0 Å². The average molecular weight is 283 g/mol. The Morgan fingerprint density at radius 3 is 2.81 bits per heavy atom. The number of methoxy groups -OCH3 is 1. The van der Waals surface area contributed by atoms with Crippen molar-refractivity contribution in [1.82, 2.24) is 25.9 Å². The molecule has 0 spiro atoms. The Balaban J connectivity index is 1.74. The van der Waals surface area contributed by atoms with Gasteiger partial charge < -0.3 is 10.1 Å². The number of carbonyl (C=O) groups excluding carboxylic acids is 1. The third-order valence-corrected chi connectivity index (χ3v) is 3.11. The summed E-state index contributed by atoms with van der Waals surface area (Å²) < 4.78 is 5.19. The Morgan fingerprint density at radius 2 is 2.05 bits per heavy atom. The molecule has 0 atom stereocenters. The Labute approximate surface area is 120 Å². The lowest BCUT2D eigenvalue weighted by atomic mass is 10.1. The van der Waals surface area contributed by atoms with Gasteiger partial charge in [0, 0.05) is 6.54 Å². The van der Waals surface area contributed by atoms with Gasteiger partial charge in [0.2, 0.25) is 0 Å². The summed E-state index contributed by atoms with van der Waals surface area (Å²) in [6, 6.07) is 11.8. The molecule has 0 saturated carbocycles. The molecule has 106 valence electrons. The zero-order chi connectivity index (χ0) is 14.7. The molecule has 3 aromatic rings. The predicted octanol–water partition coefficient (Wildman–Crippen LogP) is 1.29. The van der Waals surface area contributed by atoms with E-state index in [4.69, 9.17) is 4.74 Å². The summed E-state index contributed by atoms with van der Waals surface area (Å²) in [5, 5.41) is 17.7. The van der Waals surface area contributed by atoms with Crippen molar-refractivity contribution >= 4 is 16.7 Å². The summed E-state index contributed by atoms with van der Waals surface area (Å²) in [5.41, 5.74) is 0.990. The van der Waals surface area contributed by atoms with Crippen molar-refractivity contribution in [2.75, 3.05) is 7.11 Å².